The van der Waals surface area contributed by atoms with E-state index in [9.17, 15) is 18.0 Å². The van der Waals surface area contributed by atoms with Crippen molar-refractivity contribution in [3.63, 3.8) is 0 Å². The zero-order valence-corrected chi connectivity index (χ0v) is 19.9. The Labute approximate surface area is 199 Å². The Kier molecular flexibility index (Phi) is 7.50. The molecule has 0 spiro atoms. The molecule has 1 saturated carbocycles. The Balaban J connectivity index is 1.57. The summed E-state index contributed by atoms with van der Waals surface area (Å²) in [4.78, 5) is 25.8. The van der Waals surface area contributed by atoms with Gasteiger partial charge >= 0.3 is 0 Å². The third-order valence-electron chi connectivity index (χ3n) is 6.12. The summed E-state index contributed by atoms with van der Waals surface area (Å²) < 4.78 is 38.3. The van der Waals surface area contributed by atoms with Crippen LogP contribution in [0.25, 0.3) is 0 Å². The molecule has 9 nitrogen and oxygen atoms in total. The molecule has 0 radical (unpaired) electrons. The summed E-state index contributed by atoms with van der Waals surface area (Å²) in [5.74, 6) is -0.616. The van der Waals surface area contributed by atoms with E-state index >= 15 is 0 Å². The Morgan fingerprint density at radius 1 is 1.03 bits per heavy atom. The molecule has 2 aliphatic rings. The average Bonchev–Trinajstić information content (AvgIpc) is 3.37. The zero-order valence-electron chi connectivity index (χ0n) is 19.1. The summed E-state index contributed by atoms with van der Waals surface area (Å²) in [6, 6.07) is 11.2. The van der Waals surface area contributed by atoms with E-state index in [0.717, 1.165) is 25.7 Å². The van der Waals surface area contributed by atoms with Crippen LogP contribution in [0.5, 0.6) is 5.75 Å². The minimum atomic E-state index is -3.88. The van der Waals surface area contributed by atoms with E-state index < -0.39 is 15.9 Å². The third-order valence-corrected chi connectivity index (χ3v) is 8.04. The first-order chi connectivity index (χ1) is 16.4. The number of carbonyl (C=O) groups is 2. The van der Waals surface area contributed by atoms with Crippen LogP contribution in [0.15, 0.2) is 47.4 Å². The van der Waals surface area contributed by atoms with Gasteiger partial charge in [-0.3, -0.25) is 9.59 Å². The number of carbonyl (C=O) groups excluding carboxylic acids is 2. The lowest BCUT2D eigenvalue weighted by Crippen LogP contribution is -2.40. The van der Waals surface area contributed by atoms with Crippen molar-refractivity contribution >= 4 is 27.5 Å². The van der Waals surface area contributed by atoms with Gasteiger partial charge in [-0.15, -0.1) is 0 Å². The fourth-order valence-corrected chi connectivity index (χ4v) is 5.85. The summed E-state index contributed by atoms with van der Waals surface area (Å²) in [7, 11) is -2.50. The molecule has 2 N–H and O–H groups in total. The predicted octanol–water partition coefficient (Wildman–Crippen LogP) is 2.64. The highest BCUT2D eigenvalue weighted by molar-refractivity contribution is 7.89. The zero-order chi connectivity index (χ0) is 24.1. The molecule has 1 aliphatic carbocycles. The van der Waals surface area contributed by atoms with Crippen molar-refractivity contribution in [1.29, 1.82) is 0 Å². The normalized spacial score (nSPS) is 17.3. The first kappa shape index (κ1) is 24.2. The summed E-state index contributed by atoms with van der Waals surface area (Å²) in [5.41, 5.74) is 0.854. The van der Waals surface area contributed by atoms with E-state index in [1.165, 1.54) is 29.6 Å². The maximum Gasteiger partial charge on any atom is 0.255 e. The molecule has 2 aromatic rings. The van der Waals surface area contributed by atoms with Crippen molar-refractivity contribution < 1.29 is 27.5 Å². The highest BCUT2D eigenvalue weighted by Gasteiger charge is 2.30. The van der Waals surface area contributed by atoms with Crippen LogP contribution in [0.1, 0.15) is 46.4 Å². The minimum Gasteiger partial charge on any atom is -0.495 e. The molecule has 0 atom stereocenters. The molecule has 1 saturated heterocycles. The van der Waals surface area contributed by atoms with Gasteiger partial charge in [-0.05, 0) is 43.2 Å². The van der Waals surface area contributed by atoms with Gasteiger partial charge in [-0.2, -0.15) is 4.31 Å². The number of anilines is 1. The Hall–Kier alpha value is -2.95. The van der Waals surface area contributed by atoms with Crippen LogP contribution >= 0.6 is 0 Å². The van der Waals surface area contributed by atoms with E-state index in [1.807, 2.05) is 0 Å². The maximum atomic E-state index is 13.2. The molecular formula is C24H29N3O6S. The molecule has 1 aliphatic heterocycles. The van der Waals surface area contributed by atoms with Crippen LogP contribution in [0.4, 0.5) is 5.69 Å². The Morgan fingerprint density at radius 3 is 2.44 bits per heavy atom. The van der Waals surface area contributed by atoms with E-state index in [0.29, 0.717) is 24.5 Å². The number of morpholine rings is 1. The first-order valence-electron chi connectivity index (χ1n) is 11.4. The van der Waals surface area contributed by atoms with E-state index in [1.54, 1.807) is 24.3 Å². The van der Waals surface area contributed by atoms with Crippen LogP contribution in [0, 0.1) is 0 Å². The summed E-state index contributed by atoms with van der Waals surface area (Å²) in [5, 5.41) is 5.79. The smallest absolute Gasteiger partial charge is 0.255 e. The molecule has 182 valence electrons. The third kappa shape index (κ3) is 5.24. The first-order valence-corrected chi connectivity index (χ1v) is 12.8. The average molecular weight is 488 g/mol. The number of hydrogen-bond acceptors (Lipinski definition) is 6. The van der Waals surface area contributed by atoms with Crippen molar-refractivity contribution in [2.75, 3.05) is 38.7 Å². The molecule has 0 unspecified atom stereocenters. The van der Waals surface area contributed by atoms with Crippen LogP contribution in [0.3, 0.4) is 0 Å². The molecule has 2 aromatic carbocycles. The minimum absolute atomic E-state index is 0.0863. The number of rotatable bonds is 7. The van der Waals surface area contributed by atoms with Gasteiger partial charge in [0, 0.05) is 24.7 Å². The number of nitrogens with one attached hydrogen (secondary N) is 2. The van der Waals surface area contributed by atoms with Gasteiger partial charge in [0.25, 0.3) is 11.8 Å². The van der Waals surface area contributed by atoms with E-state index in [4.69, 9.17) is 9.47 Å². The van der Waals surface area contributed by atoms with Gasteiger partial charge in [0.05, 0.1) is 31.6 Å². The molecular weight excluding hydrogens is 458 g/mol. The van der Waals surface area contributed by atoms with E-state index in [2.05, 4.69) is 10.6 Å². The van der Waals surface area contributed by atoms with Gasteiger partial charge in [-0.1, -0.05) is 25.0 Å². The lowest BCUT2D eigenvalue weighted by molar-refractivity contribution is 0.0729. The Morgan fingerprint density at radius 2 is 1.74 bits per heavy atom. The van der Waals surface area contributed by atoms with Crippen LogP contribution in [-0.2, 0) is 14.8 Å². The standard InChI is InChI=1S/C24H29N3O6S/c1-32-21-11-10-17(16-22(21)34(30,31)27-12-14-33-15-13-27)23(28)26-20-9-5-4-8-19(20)24(29)25-18-6-2-3-7-18/h4-5,8-11,16,18H,2-3,6-7,12-15H2,1H3,(H,25,29)(H,26,28). The molecule has 0 bridgehead atoms. The fraction of sp³-hybridized carbons (Fsp3) is 0.417. The fourth-order valence-electron chi connectivity index (χ4n) is 4.26. The summed E-state index contributed by atoms with van der Waals surface area (Å²) >= 11 is 0. The van der Waals surface area contributed by atoms with Gasteiger partial charge in [0.15, 0.2) is 0 Å². The number of amides is 2. The van der Waals surface area contributed by atoms with Crippen molar-refractivity contribution in [3.8, 4) is 5.75 Å². The monoisotopic (exact) mass is 487 g/mol. The van der Waals surface area contributed by atoms with Crippen molar-refractivity contribution in [1.82, 2.24) is 9.62 Å². The number of nitrogens with zero attached hydrogens (tertiary/aromatic N) is 1. The van der Waals surface area contributed by atoms with Crippen molar-refractivity contribution in [3.05, 3.63) is 53.6 Å². The highest BCUT2D eigenvalue weighted by atomic mass is 32.2. The number of sulfonamides is 1. The molecule has 34 heavy (non-hydrogen) atoms. The maximum absolute atomic E-state index is 13.2. The molecule has 2 amide bonds. The van der Waals surface area contributed by atoms with Crippen molar-refractivity contribution in [2.24, 2.45) is 0 Å². The molecule has 2 fully saturated rings. The number of benzene rings is 2. The second-order valence-electron chi connectivity index (χ2n) is 8.34. The molecule has 1 heterocycles. The molecule has 10 heteroatoms. The van der Waals surface area contributed by atoms with Gasteiger partial charge < -0.3 is 20.1 Å². The summed E-state index contributed by atoms with van der Waals surface area (Å²) in [6.45, 7) is 1.07. The van der Waals surface area contributed by atoms with Crippen LogP contribution in [0.2, 0.25) is 0 Å². The molecule has 0 aromatic heterocycles. The summed E-state index contributed by atoms with van der Waals surface area (Å²) in [6.07, 6.45) is 4.09. The quantitative estimate of drug-likeness (QED) is 0.621. The number of para-hydroxylation sites is 1. The molecule has 4 rings (SSSR count). The van der Waals surface area contributed by atoms with Gasteiger partial charge in [0.1, 0.15) is 10.6 Å². The lowest BCUT2D eigenvalue weighted by atomic mass is 10.1. The topological polar surface area (TPSA) is 114 Å². The van der Waals surface area contributed by atoms with Gasteiger partial charge in [-0.25, -0.2) is 8.42 Å². The van der Waals surface area contributed by atoms with Gasteiger partial charge in [0.2, 0.25) is 10.0 Å². The Bertz CT molecular complexity index is 1160. The SMILES string of the molecule is COc1ccc(C(=O)Nc2ccccc2C(=O)NC2CCCC2)cc1S(=O)(=O)N1CCOCC1. The second-order valence-corrected chi connectivity index (χ2v) is 10.2. The number of hydrogen-bond donors (Lipinski definition) is 2. The second kappa shape index (κ2) is 10.5. The van der Waals surface area contributed by atoms with Crippen LogP contribution in [-0.4, -0.2) is 64.0 Å². The highest BCUT2D eigenvalue weighted by Crippen LogP contribution is 2.29. The van der Waals surface area contributed by atoms with Crippen LogP contribution < -0.4 is 15.4 Å². The largest absolute Gasteiger partial charge is 0.495 e. The lowest BCUT2D eigenvalue weighted by Gasteiger charge is -2.26. The predicted molar refractivity (Wildman–Crippen MR) is 127 cm³/mol. The number of methoxy groups -OCH3 is 1. The van der Waals surface area contributed by atoms with Crippen molar-refractivity contribution in [2.45, 2.75) is 36.6 Å². The number of ether oxygens (including phenoxy) is 2. The van der Waals surface area contributed by atoms with E-state index in [-0.39, 0.29) is 41.2 Å².